The number of hydrogen-bond donors (Lipinski definition) is 1. The minimum atomic E-state index is -1.64. The first-order valence-corrected chi connectivity index (χ1v) is 9.22. The molecular formula is C15H30OSi. The standard InChI is InChI=1S/C15H30OSi/c1-8-9-15(16)10-11-17(12(2)3,13(4)5)14(6)7/h12-16H,8-9H2,1-7H3. The van der Waals surface area contributed by atoms with Crippen LogP contribution in [0.15, 0.2) is 0 Å². The van der Waals surface area contributed by atoms with Crippen LogP contribution in [0.5, 0.6) is 0 Å². The van der Waals surface area contributed by atoms with Crippen LogP contribution in [0.4, 0.5) is 0 Å². The summed E-state index contributed by atoms with van der Waals surface area (Å²) >= 11 is 0. The van der Waals surface area contributed by atoms with Crippen LogP contribution in [-0.2, 0) is 0 Å². The Morgan fingerprint density at radius 2 is 1.35 bits per heavy atom. The third-order valence-corrected chi connectivity index (χ3v) is 10.2. The summed E-state index contributed by atoms with van der Waals surface area (Å²) in [4.78, 5) is 0. The lowest BCUT2D eigenvalue weighted by Crippen LogP contribution is -2.43. The first-order chi connectivity index (χ1) is 7.78. The third-order valence-electron chi connectivity index (χ3n) is 3.88. The van der Waals surface area contributed by atoms with Crippen LogP contribution < -0.4 is 0 Å². The van der Waals surface area contributed by atoms with Crippen LogP contribution >= 0.6 is 0 Å². The molecule has 0 fully saturated rings. The minimum absolute atomic E-state index is 0.428. The molecule has 0 aromatic carbocycles. The van der Waals surface area contributed by atoms with Gasteiger partial charge in [-0.15, -0.1) is 5.54 Å². The van der Waals surface area contributed by atoms with Gasteiger partial charge in [-0.2, -0.15) is 0 Å². The summed E-state index contributed by atoms with van der Waals surface area (Å²) in [5.41, 5.74) is 5.48. The lowest BCUT2D eigenvalue weighted by molar-refractivity contribution is 0.221. The lowest BCUT2D eigenvalue weighted by atomic mass is 10.2. The molecule has 1 atom stereocenters. The summed E-state index contributed by atoms with van der Waals surface area (Å²) in [5.74, 6) is 3.14. The predicted octanol–water partition coefficient (Wildman–Crippen LogP) is 4.37. The van der Waals surface area contributed by atoms with E-state index in [1.54, 1.807) is 0 Å². The Hall–Kier alpha value is -0.263. The van der Waals surface area contributed by atoms with E-state index in [4.69, 9.17) is 0 Å². The average Bonchev–Trinajstić information content (AvgIpc) is 2.17. The molecule has 0 amide bonds. The highest BCUT2D eigenvalue weighted by molar-refractivity contribution is 6.90. The highest BCUT2D eigenvalue weighted by atomic mass is 28.3. The van der Waals surface area contributed by atoms with Crippen molar-refractivity contribution in [1.82, 2.24) is 0 Å². The van der Waals surface area contributed by atoms with E-state index in [0.717, 1.165) is 12.8 Å². The summed E-state index contributed by atoms with van der Waals surface area (Å²) in [7, 11) is -1.64. The number of aliphatic hydroxyl groups is 1. The molecule has 0 rings (SSSR count). The van der Waals surface area contributed by atoms with Gasteiger partial charge in [-0.3, -0.25) is 0 Å². The van der Waals surface area contributed by atoms with Gasteiger partial charge in [0, 0.05) is 0 Å². The summed E-state index contributed by atoms with van der Waals surface area (Å²) in [6.45, 7) is 15.9. The zero-order valence-corrected chi connectivity index (χ0v) is 13.7. The predicted molar refractivity (Wildman–Crippen MR) is 79.7 cm³/mol. The van der Waals surface area contributed by atoms with Gasteiger partial charge in [0.25, 0.3) is 0 Å². The molecule has 0 saturated heterocycles. The van der Waals surface area contributed by atoms with Crippen LogP contribution in [0, 0.1) is 11.5 Å². The molecule has 0 aliphatic rings. The molecule has 0 saturated carbocycles. The largest absolute Gasteiger partial charge is 0.380 e. The maximum absolute atomic E-state index is 9.81. The molecule has 0 spiro atoms. The van der Waals surface area contributed by atoms with E-state index in [-0.39, 0.29) is 0 Å². The van der Waals surface area contributed by atoms with E-state index in [1.807, 2.05) is 0 Å². The second kappa shape index (κ2) is 7.23. The van der Waals surface area contributed by atoms with Crippen LogP contribution in [0.1, 0.15) is 61.3 Å². The monoisotopic (exact) mass is 254 g/mol. The van der Waals surface area contributed by atoms with E-state index in [1.165, 1.54) is 0 Å². The molecule has 2 heteroatoms. The van der Waals surface area contributed by atoms with Gasteiger partial charge in [0.05, 0.1) is 0 Å². The molecule has 0 aromatic rings. The van der Waals surface area contributed by atoms with Gasteiger partial charge < -0.3 is 5.11 Å². The third kappa shape index (κ3) is 4.15. The molecule has 17 heavy (non-hydrogen) atoms. The smallest absolute Gasteiger partial charge is 0.146 e. The molecule has 1 unspecified atom stereocenters. The Morgan fingerprint density at radius 3 is 1.65 bits per heavy atom. The van der Waals surface area contributed by atoms with Crippen molar-refractivity contribution in [3.8, 4) is 11.5 Å². The molecule has 0 bridgehead atoms. The van der Waals surface area contributed by atoms with E-state index >= 15 is 0 Å². The van der Waals surface area contributed by atoms with Gasteiger partial charge in [-0.1, -0.05) is 60.8 Å². The Bertz CT molecular complexity index is 249. The maximum Gasteiger partial charge on any atom is 0.146 e. The zero-order chi connectivity index (χ0) is 13.6. The minimum Gasteiger partial charge on any atom is -0.380 e. The molecule has 1 nitrogen and oxygen atoms in total. The Kier molecular flexibility index (Phi) is 7.12. The van der Waals surface area contributed by atoms with Crippen molar-refractivity contribution in [2.75, 3.05) is 0 Å². The molecule has 0 aliphatic heterocycles. The summed E-state index contributed by atoms with van der Waals surface area (Å²) in [5, 5.41) is 9.81. The first-order valence-electron chi connectivity index (χ1n) is 6.99. The molecule has 0 aliphatic carbocycles. The molecule has 0 heterocycles. The lowest BCUT2D eigenvalue weighted by Gasteiger charge is -2.38. The second-order valence-electron chi connectivity index (χ2n) is 5.97. The van der Waals surface area contributed by atoms with Crippen molar-refractivity contribution in [2.45, 2.75) is 84.0 Å². The SMILES string of the molecule is CCCC(O)C#C[Si](C(C)C)(C(C)C)C(C)C. The van der Waals surface area contributed by atoms with Gasteiger partial charge in [0.1, 0.15) is 14.2 Å². The zero-order valence-electron chi connectivity index (χ0n) is 12.7. The fourth-order valence-corrected chi connectivity index (χ4v) is 8.27. The Labute approximate surface area is 109 Å². The average molecular weight is 254 g/mol. The quantitative estimate of drug-likeness (QED) is 0.570. The topological polar surface area (TPSA) is 20.2 Å². The Morgan fingerprint density at radius 1 is 0.941 bits per heavy atom. The fraction of sp³-hybridized carbons (Fsp3) is 0.867. The van der Waals surface area contributed by atoms with Crippen molar-refractivity contribution >= 4 is 8.07 Å². The van der Waals surface area contributed by atoms with Gasteiger partial charge in [0.15, 0.2) is 0 Å². The van der Waals surface area contributed by atoms with Gasteiger partial charge in [-0.25, -0.2) is 0 Å². The van der Waals surface area contributed by atoms with Crippen LogP contribution in [0.3, 0.4) is 0 Å². The number of rotatable bonds is 5. The maximum atomic E-state index is 9.81. The van der Waals surface area contributed by atoms with Gasteiger partial charge in [0.2, 0.25) is 0 Å². The van der Waals surface area contributed by atoms with Crippen LogP contribution in [0.2, 0.25) is 16.6 Å². The van der Waals surface area contributed by atoms with Crippen molar-refractivity contribution in [2.24, 2.45) is 0 Å². The molecule has 0 radical (unpaired) electrons. The second-order valence-corrected chi connectivity index (χ2v) is 11.6. The molecular weight excluding hydrogens is 224 g/mol. The molecule has 100 valence electrons. The Balaban J connectivity index is 5.18. The van der Waals surface area contributed by atoms with Crippen molar-refractivity contribution < 1.29 is 5.11 Å². The van der Waals surface area contributed by atoms with Gasteiger partial charge in [-0.05, 0) is 23.0 Å². The first kappa shape index (κ1) is 16.7. The normalized spacial score (nSPS) is 14.1. The highest BCUT2D eigenvalue weighted by Gasteiger charge is 2.41. The summed E-state index contributed by atoms with van der Waals surface area (Å²) < 4.78 is 0. The van der Waals surface area contributed by atoms with E-state index in [9.17, 15) is 5.11 Å². The van der Waals surface area contributed by atoms with Crippen LogP contribution in [0.25, 0.3) is 0 Å². The van der Waals surface area contributed by atoms with Crippen molar-refractivity contribution in [3.63, 3.8) is 0 Å². The van der Waals surface area contributed by atoms with E-state index in [2.05, 4.69) is 59.9 Å². The number of hydrogen-bond acceptors (Lipinski definition) is 1. The highest BCUT2D eigenvalue weighted by Crippen LogP contribution is 2.40. The summed E-state index contributed by atoms with van der Waals surface area (Å²) in [6, 6.07) is 0. The molecule has 0 aromatic heterocycles. The van der Waals surface area contributed by atoms with Crippen LogP contribution in [-0.4, -0.2) is 19.3 Å². The van der Waals surface area contributed by atoms with Crippen molar-refractivity contribution in [1.29, 1.82) is 0 Å². The van der Waals surface area contributed by atoms with E-state index < -0.39 is 14.2 Å². The van der Waals surface area contributed by atoms with Gasteiger partial charge >= 0.3 is 0 Å². The summed E-state index contributed by atoms with van der Waals surface area (Å²) in [6.07, 6.45) is 1.37. The van der Waals surface area contributed by atoms with Crippen molar-refractivity contribution in [3.05, 3.63) is 0 Å². The number of aliphatic hydroxyl groups excluding tert-OH is 1. The molecule has 1 N–H and O–H groups in total. The van der Waals surface area contributed by atoms with E-state index in [0.29, 0.717) is 16.6 Å². The fourth-order valence-electron chi connectivity index (χ4n) is 2.99.